The first-order valence-corrected chi connectivity index (χ1v) is 11.8. The van der Waals surface area contributed by atoms with E-state index in [-0.39, 0.29) is 5.82 Å². The molecule has 0 aromatic heterocycles. The predicted molar refractivity (Wildman–Crippen MR) is 125 cm³/mol. The van der Waals surface area contributed by atoms with Crippen LogP contribution in [0.4, 0.5) is 10.1 Å². The van der Waals surface area contributed by atoms with E-state index in [4.69, 9.17) is 9.73 Å². The summed E-state index contributed by atoms with van der Waals surface area (Å²) in [5, 5.41) is 6.71. The van der Waals surface area contributed by atoms with Crippen molar-refractivity contribution in [1.29, 1.82) is 0 Å². The van der Waals surface area contributed by atoms with Crippen LogP contribution in [-0.2, 0) is 23.6 Å². The van der Waals surface area contributed by atoms with Crippen LogP contribution in [0.3, 0.4) is 0 Å². The normalized spacial score (nSPS) is 14.6. The first kappa shape index (κ1) is 22.4. The summed E-state index contributed by atoms with van der Waals surface area (Å²) in [7, 11) is 0. The summed E-state index contributed by atoms with van der Waals surface area (Å²) in [6.07, 6.45) is 2.03. The number of ether oxygens (including phenoxy) is 1. The van der Waals surface area contributed by atoms with Gasteiger partial charge in [0, 0.05) is 37.6 Å². The topological polar surface area (TPSA) is 48.9 Å². The highest BCUT2D eigenvalue weighted by Crippen LogP contribution is 2.22. The summed E-state index contributed by atoms with van der Waals surface area (Å²) in [6.45, 7) is 7.35. The minimum absolute atomic E-state index is 0.192. The molecule has 1 fully saturated rings. The van der Waals surface area contributed by atoms with Gasteiger partial charge in [0.2, 0.25) is 0 Å². The molecule has 2 N–H and O–H groups in total. The Morgan fingerprint density at radius 2 is 1.90 bits per heavy atom. The molecule has 3 rings (SSSR count). The Balaban J connectivity index is 1.70. The molecule has 1 aliphatic heterocycles. The molecule has 7 heteroatoms. The lowest BCUT2D eigenvalue weighted by Gasteiger charge is -2.30. The third-order valence-electron chi connectivity index (χ3n) is 5.01. The van der Waals surface area contributed by atoms with Crippen molar-refractivity contribution in [3.05, 3.63) is 65.0 Å². The van der Waals surface area contributed by atoms with Gasteiger partial charge in [-0.15, -0.1) is 0 Å². The van der Waals surface area contributed by atoms with E-state index in [2.05, 4.69) is 46.7 Å². The van der Waals surface area contributed by atoms with Crippen LogP contribution in [0.25, 0.3) is 0 Å². The fourth-order valence-electron chi connectivity index (χ4n) is 3.50. The molecular formula is C23H31FN4OS. The maximum Gasteiger partial charge on any atom is 0.191 e. The van der Waals surface area contributed by atoms with Crippen molar-refractivity contribution in [2.45, 2.75) is 25.8 Å². The van der Waals surface area contributed by atoms with Gasteiger partial charge in [0.25, 0.3) is 0 Å². The largest absolute Gasteiger partial charge is 0.378 e. The van der Waals surface area contributed by atoms with Crippen molar-refractivity contribution in [2.75, 3.05) is 44.0 Å². The second-order valence-electron chi connectivity index (χ2n) is 7.12. The van der Waals surface area contributed by atoms with Gasteiger partial charge in [0.15, 0.2) is 5.96 Å². The quantitative estimate of drug-likeness (QED) is 0.493. The highest BCUT2D eigenvalue weighted by molar-refractivity contribution is 7.97. The lowest BCUT2D eigenvalue weighted by molar-refractivity contribution is 0.122. The predicted octanol–water partition coefficient (Wildman–Crippen LogP) is 3.78. The number of anilines is 1. The molecule has 0 amide bonds. The average molecular weight is 431 g/mol. The molecule has 30 heavy (non-hydrogen) atoms. The van der Waals surface area contributed by atoms with Gasteiger partial charge in [-0.3, -0.25) is 0 Å². The molecule has 0 radical (unpaired) electrons. The third kappa shape index (κ3) is 6.37. The molecule has 1 saturated heterocycles. The molecule has 1 aliphatic rings. The molecule has 0 saturated carbocycles. The number of hydrogen-bond donors (Lipinski definition) is 2. The second kappa shape index (κ2) is 11.8. The molecule has 0 bridgehead atoms. The lowest BCUT2D eigenvalue weighted by Crippen LogP contribution is -2.37. The summed E-state index contributed by atoms with van der Waals surface area (Å²) >= 11 is 1.69. The van der Waals surface area contributed by atoms with Crippen LogP contribution in [-0.4, -0.2) is 45.1 Å². The summed E-state index contributed by atoms with van der Waals surface area (Å²) in [6, 6.07) is 13.4. The van der Waals surface area contributed by atoms with Gasteiger partial charge in [-0.25, -0.2) is 9.38 Å². The van der Waals surface area contributed by atoms with Crippen LogP contribution in [0.15, 0.2) is 47.5 Å². The van der Waals surface area contributed by atoms with E-state index in [9.17, 15) is 4.39 Å². The Morgan fingerprint density at radius 1 is 1.10 bits per heavy atom. The number of hydrogen-bond acceptors (Lipinski definition) is 4. The monoisotopic (exact) mass is 430 g/mol. The van der Waals surface area contributed by atoms with E-state index >= 15 is 0 Å². The number of para-hydroxylation sites is 1. The number of aliphatic imine (C=N–C) groups is 1. The summed E-state index contributed by atoms with van der Waals surface area (Å²) in [5.41, 5.74) is 4.52. The lowest BCUT2D eigenvalue weighted by atomic mass is 10.1. The summed E-state index contributed by atoms with van der Waals surface area (Å²) in [4.78, 5) is 7.17. The highest BCUT2D eigenvalue weighted by atomic mass is 32.2. The zero-order valence-corrected chi connectivity index (χ0v) is 18.6. The molecule has 2 aromatic carbocycles. The second-order valence-corrected chi connectivity index (χ2v) is 7.99. The number of nitrogens with zero attached hydrogens (tertiary/aromatic N) is 2. The Kier molecular flexibility index (Phi) is 8.83. The Bertz CT molecular complexity index is 840. The van der Waals surface area contributed by atoms with Crippen molar-refractivity contribution in [3.63, 3.8) is 0 Å². The average Bonchev–Trinajstić information content (AvgIpc) is 2.78. The number of morpholine rings is 1. The highest BCUT2D eigenvalue weighted by Gasteiger charge is 2.14. The van der Waals surface area contributed by atoms with E-state index < -0.39 is 0 Å². The maximum atomic E-state index is 13.6. The van der Waals surface area contributed by atoms with Crippen molar-refractivity contribution < 1.29 is 9.13 Å². The van der Waals surface area contributed by atoms with Gasteiger partial charge >= 0.3 is 0 Å². The molecular weight excluding hydrogens is 399 g/mol. The third-order valence-corrected chi connectivity index (χ3v) is 5.61. The van der Waals surface area contributed by atoms with Gasteiger partial charge in [-0.2, -0.15) is 11.8 Å². The van der Waals surface area contributed by atoms with Crippen LogP contribution in [0.5, 0.6) is 0 Å². The molecule has 0 unspecified atom stereocenters. The number of rotatable bonds is 8. The molecule has 0 spiro atoms. The number of benzene rings is 2. The first-order valence-electron chi connectivity index (χ1n) is 10.4. The van der Waals surface area contributed by atoms with Crippen LogP contribution in [0, 0.1) is 5.82 Å². The fraction of sp³-hybridized carbons (Fsp3) is 0.435. The van der Waals surface area contributed by atoms with Gasteiger partial charge < -0.3 is 20.3 Å². The van der Waals surface area contributed by atoms with Crippen molar-refractivity contribution in [2.24, 2.45) is 4.99 Å². The fourth-order valence-corrected chi connectivity index (χ4v) is 4.08. The van der Waals surface area contributed by atoms with Gasteiger partial charge in [-0.1, -0.05) is 24.3 Å². The smallest absolute Gasteiger partial charge is 0.191 e. The minimum Gasteiger partial charge on any atom is -0.378 e. The van der Waals surface area contributed by atoms with Crippen molar-refractivity contribution >= 4 is 23.4 Å². The summed E-state index contributed by atoms with van der Waals surface area (Å²) in [5.74, 6) is 1.35. The molecule has 0 aliphatic carbocycles. The number of guanidine groups is 1. The van der Waals surface area contributed by atoms with E-state index in [1.54, 1.807) is 17.8 Å². The van der Waals surface area contributed by atoms with Crippen molar-refractivity contribution in [1.82, 2.24) is 10.6 Å². The van der Waals surface area contributed by atoms with Crippen LogP contribution in [0.2, 0.25) is 0 Å². The van der Waals surface area contributed by atoms with Gasteiger partial charge in [-0.05, 0) is 48.1 Å². The van der Waals surface area contributed by atoms with E-state index in [0.717, 1.165) is 55.7 Å². The Morgan fingerprint density at radius 3 is 2.67 bits per heavy atom. The zero-order chi connectivity index (χ0) is 21.2. The van der Waals surface area contributed by atoms with Gasteiger partial charge in [0.1, 0.15) is 5.82 Å². The molecule has 2 aromatic rings. The van der Waals surface area contributed by atoms with Crippen LogP contribution >= 0.6 is 11.8 Å². The van der Waals surface area contributed by atoms with E-state index in [0.29, 0.717) is 13.1 Å². The maximum absolute atomic E-state index is 13.6. The molecule has 5 nitrogen and oxygen atoms in total. The Hall–Kier alpha value is -2.25. The van der Waals surface area contributed by atoms with Crippen LogP contribution < -0.4 is 15.5 Å². The molecule has 1 heterocycles. The van der Waals surface area contributed by atoms with Crippen LogP contribution in [0.1, 0.15) is 23.6 Å². The SMILES string of the molecule is CCNC(=NCc1ccccc1N1CCOCC1)NCc1ccc(F)cc1CSC. The summed E-state index contributed by atoms with van der Waals surface area (Å²) < 4.78 is 19.1. The van der Waals surface area contributed by atoms with Gasteiger partial charge in [0.05, 0.1) is 19.8 Å². The van der Waals surface area contributed by atoms with E-state index in [1.807, 2.05) is 12.3 Å². The van der Waals surface area contributed by atoms with Crippen molar-refractivity contribution in [3.8, 4) is 0 Å². The Labute approximate surface area is 183 Å². The zero-order valence-electron chi connectivity index (χ0n) is 17.8. The molecule has 0 atom stereocenters. The first-order chi connectivity index (χ1) is 14.7. The standard InChI is InChI=1S/C23H31FN4OS/c1-3-25-23(26-15-18-8-9-21(24)14-20(18)17-30-2)27-16-19-6-4-5-7-22(19)28-10-12-29-13-11-28/h4-9,14H,3,10-13,15-17H2,1-2H3,(H2,25,26,27). The minimum atomic E-state index is -0.192. The number of thioether (sulfide) groups is 1. The number of nitrogens with one attached hydrogen (secondary N) is 2. The van der Waals surface area contributed by atoms with E-state index in [1.165, 1.54) is 17.3 Å². The number of halogens is 1. The molecule has 162 valence electrons.